The molecule has 0 aromatic heterocycles. The predicted molar refractivity (Wildman–Crippen MR) is 192 cm³/mol. The van der Waals surface area contributed by atoms with Gasteiger partial charge in [0.1, 0.15) is 11.5 Å². The van der Waals surface area contributed by atoms with Gasteiger partial charge < -0.3 is 17.6 Å². The monoisotopic (exact) mass is 656 g/mol. The third-order valence-electron chi connectivity index (χ3n) is 10.1. The summed E-state index contributed by atoms with van der Waals surface area (Å²) in [4.78, 5) is 9.65. The van der Waals surface area contributed by atoms with E-state index in [1.807, 2.05) is 30.3 Å². The van der Waals surface area contributed by atoms with Crippen molar-refractivity contribution in [2.75, 3.05) is 0 Å². The molecule has 5 heteroatoms. The van der Waals surface area contributed by atoms with Crippen LogP contribution in [0.1, 0.15) is 134 Å². The molecule has 4 nitrogen and oxygen atoms in total. The number of phenols is 2. The number of aliphatic imine (C=N–C) groups is 2. The van der Waals surface area contributed by atoms with Gasteiger partial charge in [0.15, 0.2) is 0 Å². The molecule has 1 radical (unpaired) electrons. The molecule has 0 spiro atoms. The Morgan fingerprint density at radius 1 is 0.622 bits per heavy atom. The summed E-state index contributed by atoms with van der Waals surface area (Å²) in [6.45, 7) is 21.9. The minimum Gasteiger partial charge on any atom is -0.507 e. The van der Waals surface area contributed by atoms with Crippen molar-refractivity contribution in [2.45, 2.75) is 124 Å². The summed E-state index contributed by atoms with van der Waals surface area (Å²) in [5.74, 6) is 0.621. The largest absolute Gasteiger partial charge is 0.507 e. The second-order valence-electron chi connectivity index (χ2n) is 13.1. The molecule has 0 saturated heterocycles. The number of hydrogen-bond acceptors (Lipinski definition) is 4. The molecule has 45 heavy (non-hydrogen) atoms. The summed E-state index contributed by atoms with van der Waals surface area (Å²) >= 11 is 0. The molecule has 0 atom stereocenters. The van der Waals surface area contributed by atoms with Gasteiger partial charge in [0.2, 0.25) is 0 Å². The average molecular weight is 657 g/mol. The fourth-order valence-corrected chi connectivity index (χ4v) is 6.51. The van der Waals surface area contributed by atoms with Crippen LogP contribution < -0.4 is 0 Å². The topological polar surface area (TPSA) is 65.2 Å². The Hall–Kier alpha value is -2.89. The standard InChI is InChI=1S/C39H54N2O2.CH3.Co/c1-11-38(12-2,13-3)31-22-27(7)21-28(35(31)42)25-40-33-19-17-18-20-34(33)41-26-29-23-30(37(8,9)10)24-32(36(29)43)39(14-4,15-5)16-6;;/h17-26,42-43H,11-16H2,1-10H3;1H3;/q;-1;. The fourth-order valence-electron chi connectivity index (χ4n) is 6.51. The van der Waals surface area contributed by atoms with E-state index >= 15 is 0 Å². The smallest absolute Gasteiger partial charge is 0.128 e. The van der Waals surface area contributed by atoms with Crippen molar-refractivity contribution in [3.63, 3.8) is 0 Å². The molecule has 0 unspecified atom stereocenters. The Labute approximate surface area is 284 Å². The van der Waals surface area contributed by atoms with Crippen LogP contribution in [0.15, 0.2) is 58.5 Å². The zero-order valence-corrected chi connectivity index (χ0v) is 30.7. The van der Waals surface area contributed by atoms with Crippen LogP contribution in [0.5, 0.6) is 11.5 Å². The number of aryl methyl sites for hydroxylation is 1. The summed E-state index contributed by atoms with van der Waals surface area (Å²) < 4.78 is 0. The Balaban J connectivity index is 0.00000506. The zero-order valence-electron chi connectivity index (χ0n) is 29.6. The van der Waals surface area contributed by atoms with E-state index < -0.39 is 0 Å². The third-order valence-corrected chi connectivity index (χ3v) is 10.1. The second-order valence-corrected chi connectivity index (χ2v) is 13.1. The molecule has 0 aliphatic rings. The molecule has 0 saturated carbocycles. The Morgan fingerprint density at radius 3 is 1.38 bits per heavy atom. The van der Waals surface area contributed by atoms with E-state index in [4.69, 9.17) is 9.98 Å². The number of aromatic hydroxyl groups is 2. The third kappa shape index (κ3) is 8.48. The number of phenolic OH excluding ortho intramolecular Hbond substituents is 2. The van der Waals surface area contributed by atoms with E-state index in [1.165, 1.54) is 5.56 Å². The number of rotatable bonds is 12. The van der Waals surface area contributed by atoms with Crippen molar-refractivity contribution in [3.8, 4) is 11.5 Å². The Morgan fingerprint density at radius 2 is 1.00 bits per heavy atom. The molecule has 0 heterocycles. The first-order chi connectivity index (χ1) is 20.3. The minimum absolute atomic E-state index is 0. The molecule has 3 aromatic carbocycles. The Kier molecular flexibility index (Phi) is 14.8. The summed E-state index contributed by atoms with van der Waals surface area (Å²) in [6.07, 6.45) is 9.29. The van der Waals surface area contributed by atoms with E-state index in [0.717, 1.165) is 60.8 Å². The van der Waals surface area contributed by atoms with Gasteiger partial charge in [-0.15, -0.1) is 0 Å². The minimum atomic E-state index is -0.0876. The van der Waals surface area contributed by atoms with Gasteiger partial charge in [-0.3, -0.25) is 9.98 Å². The zero-order chi connectivity index (χ0) is 32.0. The van der Waals surface area contributed by atoms with Crippen LogP contribution in [-0.4, -0.2) is 22.6 Å². The number of hydrogen-bond donors (Lipinski definition) is 2. The van der Waals surface area contributed by atoms with E-state index in [-0.39, 0.29) is 40.5 Å². The first-order valence-corrected chi connectivity index (χ1v) is 16.2. The summed E-state index contributed by atoms with van der Waals surface area (Å²) in [5, 5.41) is 22.9. The molecule has 0 fully saturated rings. The van der Waals surface area contributed by atoms with Gasteiger partial charge in [0, 0.05) is 51.5 Å². The van der Waals surface area contributed by atoms with Crippen molar-refractivity contribution in [1.29, 1.82) is 0 Å². The normalized spacial score (nSPS) is 12.4. The second kappa shape index (κ2) is 16.6. The van der Waals surface area contributed by atoms with E-state index in [0.29, 0.717) is 28.4 Å². The van der Waals surface area contributed by atoms with Crippen LogP contribution in [0.25, 0.3) is 0 Å². The molecule has 0 amide bonds. The molecule has 249 valence electrons. The van der Waals surface area contributed by atoms with Crippen LogP contribution in [-0.2, 0) is 33.0 Å². The van der Waals surface area contributed by atoms with Gasteiger partial charge in [0.25, 0.3) is 0 Å². The van der Waals surface area contributed by atoms with Gasteiger partial charge in [-0.2, -0.15) is 0 Å². The molecule has 3 aromatic rings. The van der Waals surface area contributed by atoms with Gasteiger partial charge in [-0.05, 0) is 97.1 Å². The predicted octanol–water partition coefficient (Wildman–Crippen LogP) is 11.6. The van der Waals surface area contributed by atoms with Gasteiger partial charge in [0.05, 0.1) is 11.4 Å². The molecular formula is C40H57CoN2O2-. The van der Waals surface area contributed by atoms with Crippen LogP contribution in [0.2, 0.25) is 0 Å². The molecule has 0 aliphatic heterocycles. The first-order valence-electron chi connectivity index (χ1n) is 16.2. The van der Waals surface area contributed by atoms with E-state index in [2.05, 4.69) is 87.4 Å². The van der Waals surface area contributed by atoms with Crippen LogP contribution in [0.3, 0.4) is 0 Å². The molecule has 3 rings (SSSR count). The molecule has 0 bridgehead atoms. The molecular weight excluding hydrogens is 599 g/mol. The number of nitrogens with zero attached hydrogens (tertiary/aromatic N) is 2. The number of benzene rings is 3. The molecule has 0 aliphatic carbocycles. The Bertz CT molecular complexity index is 1440. The van der Waals surface area contributed by atoms with Gasteiger partial charge in [-0.25, -0.2) is 0 Å². The first kappa shape index (κ1) is 40.1. The summed E-state index contributed by atoms with van der Waals surface area (Å²) in [7, 11) is 0. The van der Waals surface area contributed by atoms with Crippen molar-refractivity contribution < 1.29 is 27.0 Å². The van der Waals surface area contributed by atoms with Crippen LogP contribution in [0, 0.1) is 14.4 Å². The fraction of sp³-hybridized carbons (Fsp3) is 0.475. The van der Waals surface area contributed by atoms with Gasteiger partial charge >= 0.3 is 0 Å². The summed E-state index contributed by atoms with van der Waals surface area (Å²) in [5.41, 5.74) is 6.90. The number of para-hydroxylation sites is 2. The molecule has 2 N–H and O–H groups in total. The maximum Gasteiger partial charge on any atom is 0.128 e. The van der Waals surface area contributed by atoms with Crippen molar-refractivity contribution >= 4 is 23.8 Å². The maximum absolute atomic E-state index is 11.6. The van der Waals surface area contributed by atoms with E-state index in [9.17, 15) is 10.2 Å². The quantitative estimate of drug-likeness (QED) is 0.150. The van der Waals surface area contributed by atoms with Gasteiger partial charge in [-0.1, -0.05) is 86.6 Å². The maximum atomic E-state index is 11.6. The van der Waals surface area contributed by atoms with E-state index in [1.54, 1.807) is 12.4 Å². The van der Waals surface area contributed by atoms with Crippen LogP contribution >= 0.6 is 0 Å². The van der Waals surface area contributed by atoms with Crippen molar-refractivity contribution in [3.05, 3.63) is 89.3 Å². The van der Waals surface area contributed by atoms with Crippen LogP contribution in [0.4, 0.5) is 11.4 Å². The van der Waals surface area contributed by atoms with Crippen molar-refractivity contribution in [2.24, 2.45) is 9.98 Å². The summed E-state index contributed by atoms with van der Waals surface area (Å²) in [6, 6.07) is 16.1. The average Bonchev–Trinajstić information content (AvgIpc) is 3.00. The van der Waals surface area contributed by atoms with Crippen molar-refractivity contribution in [1.82, 2.24) is 0 Å². The SMILES string of the molecule is CCC(CC)(CC)c1cc(C)cc(C=Nc2ccccc2N=Cc2cc(C(C)(C)C)cc(C(CC)(CC)CC)c2O)c1O.[CH3-].[Co].